The van der Waals surface area contributed by atoms with Gasteiger partial charge in [0.15, 0.2) is 5.96 Å². The summed E-state index contributed by atoms with van der Waals surface area (Å²) in [4.78, 5) is 52.6. The topological polar surface area (TPSA) is 241 Å². The summed E-state index contributed by atoms with van der Waals surface area (Å²) in [5.74, 6) is -3.42. The molecule has 0 aromatic heterocycles. The number of guanidine groups is 1. The number of nitrogens with zero attached hydrogens (tertiary/aromatic N) is 1. The molecule has 0 aliphatic carbocycles. The van der Waals surface area contributed by atoms with Crippen molar-refractivity contribution in [2.24, 2.45) is 33.8 Å². The number of nitrogens with two attached hydrogens (primary N) is 4. The molecule has 0 spiro atoms. The third-order valence-corrected chi connectivity index (χ3v) is 4.59. The first-order valence-electron chi connectivity index (χ1n) is 10.6. The van der Waals surface area contributed by atoms with E-state index in [2.05, 4.69) is 20.9 Å². The Morgan fingerprint density at radius 2 is 1.44 bits per heavy atom. The molecule has 3 amide bonds. The normalized spacial score (nSPS) is 13.5. The molecule has 12 N–H and O–H groups in total. The minimum atomic E-state index is -1.19. The predicted octanol–water partition coefficient (Wildman–Crippen LogP) is -2.68. The number of carbonyl (C=O) groups is 4. The van der Waals surface area contributed by atoms with Gasteiger partial charge in [0.25, 0.3) is 0 Å². The lowest BCUT2D eigenvalue weighted by Gasteiger charge is -2.25. The lowest BCUT2D eigenvalue weighted by molar-refractivity contribution is -0.143. The summed E-state index contributed by atoms with van der Waals surface area (Å²) in [7, 11) is 0. The van der Waals surface area contributed by atoms with Crippen molar-refractivity contribution in [3.63, 3.8) is 0 Å². The van der Waals surface area contributed by atoms with Crippen molar-refractivity contribution in [1.29, 1.82) is 0 Å². The number of carboxylic acids is 1. The SMILES string of the molecule is CC(C)C(NC(=O)C(CCCN=C(N)N)NC(=O)C(CCCCN)NC(=O)CN)C(=O)O. The zero-order chi connectivity index (χ0) is 24.7. The Hall–Kier alpha value is -2.93. The number of hydrogen-bond acceptors (Lipinski definition) is 7. The molecule has 0 aromatic rings. The zero-order valence-corrected chi connectivity index (χ0v) is 18.8. The van der Waals surface area contributed by atoms with Crippen LogP contribution in [0.25, 0.3) is 0 Å². The first-order chi connectivity index (χ1) is 15.0. The second-order valence-corrected chi connectivity index (χ2v) is 7.69. The highest BCUT2D eigenvalue weighted by Crippen LogP contribution is 2.07. The third-order valence-electron chi connectivity index (χ3n) is 4.59. The average Bonchev–Trinajstić information content (AvgIpc) is 2.72. The molecule has 13 nitrogen and oxygen atoms in total. The largest absolute Gasteiger partial charge is 0.480 e. The summed E-state index contributed by atoms with van der Waals surface area (Å²) in [6.07, 6.45) is 2.04. The van der Waals surface area contributed by atoms with E-state index in [0.717, 1.165) is 0 Å². The number of aliphatic imine (C=N–C) groups is 1. The average molecular weight is 459 g/mol. The fourth-order valence-corrected chi connectivity index (χ4v) is 2.83. The Balaban J connectivity index is 5.43. The second-order valence-electron chi connectivity index (χ2n) is 7.69. The van der Waals surface area contributed by atoms with Gasteiger partial charge in [0.2, 0.25) is 17.7 Å². The number of nitrogens with one attached hydrogen (secondary N) is 3. The van der Waals surface area contributed by atoms with Crippen LogP contribution in [-0.4, -0.2) is 72.5 Å². The minimum Gasteiger partial charge on any atom is -0.480 e. The maximum Gasteiger partial charge on any atom is 0.326 e. The lowest BCUT2D eigenvalue weighted by atomic mass is 10.0. The highest BCUT2D eigenvalue weighted by atomic mass is 16.4. The van der Waals surface area contributed by atoms with Gasteiger partial charge in [-0.15, -0.1) is 0 Å². The molecule has 0 fully saturated rings. The number of aliphatic carboxylic acids is 1. The van der Waals surface area contributed by atoms with Crippen LogP contribution in [-0.2, 0) is 19.2 Å². The molecule has 13 heteroatoms. The molecule has 0 heterocycles. The number of carbonyl (C=O) groups excluding carboxylic acids is 3. The van der Waals surface area contributed by atoms with E-state index >= 15 is 0 Å². The Morgan fingerprint density at radius 3 is 1.94 bits per heavy atom. The van der Waals surface area contributed by atoms with Gasteiger partial charge in [0.05, 0.1) is 6.54 Å². The van der Waals surface area contributed by atoms with Crippen LogP contribution in [0.2, 0.25) is 0 Å². The molecule has 0 saturated carbocycles. The van der Waals surface area contributed by atoms with E-state index in [1.165, 1.54) is 0 Å². The Bertz CT molecular complexity index is 652. The fraction of sp³-hybridized carbons (Fsp3) is 0.737. The van der Waals surface area contributed by atoms with Crippen LogP contribution in [0.3, 0.4) is 0 Å². The van der Waals surface area contributed by atoms with Crippen molar-refractivity contribution < 1.29 is 24.3 Å². The van der Waals surface area contributed by atoms with Crippen molar-refractivity contribution in [3.8, 4) is 0 Å². The molecule has 0 aliphatic heterocycles. The van der Waals surface area contributed by atoms with Crippen LogP contribution in [0.5, 0.6) is 0 Å². The number of hydrogen-bond donors (Lipinski definition) is 8. The standard InChI is InChI=1S/C19H38N8O5/c1-11(2)15(18(31)32)27-17(30)13(7-5-9-24-19(22)23)26-16(29)12(6-3-4-8-20)25-14(28)10-21/h11-13,15H,3-10,20-21H2,1-2H3,(H,25,28)(H,26,29)(H,27,30)(H,31,32)(H4,22,23,24). The number of rotatable bonds is 16. The minimum absolute atomic E-state index is 0.106. The summed E-state index contributed by atoms with van der Waals surface area (Å²) < 4.78 is 0. The van der Waals surface area contributed by atoms with Gasteiger partial charge in [-0.1, -0.05) is 13.8 Å². The van der Waals surface area contributed by atoms with Gasteiger partial charge in [-0.2, -0.15) is 0 Å². The van der Waals surface area contributed by atoms with E-state index < -0.39 is 41.8 Å². The molecule has 0 saturated heterocycles. The molecular weight excluding hydrogens is 420 g/mol. The number of carboxylic acid groups (broad SMARTS) is 1. The van der Waals surface area contributed by atoms with Crippen LogP contribution in [0.4, 0.5) is 0 Å². The van der Waals surface area contributed by atoms with Crippen molar-refractivity contribution in [2.75, 3.05) is 19.6 Å². The molecule has 0 rings (SSSR count). The van der Waals surface area contributed by atoms with Gasteiger partial charge >= 0.3 is 5.97 Å². The molecule has 3 unspecified atom stereocenters. The monoisotopic (exact) mass is 458 g/mol. The summed E-state index contributed by atoms with van der Waals surface area (Å²) in [6, 6.07) is -3.09. The molecule has 0 radical (unpaired) electrons. The van der Waals surface area contributed by atoms with Crippen LogP contribution in [0.1, 0.15) is 46.0 Å². The Labute approximate surface area is 188 Å². The quantitative estimate of drug-likeness (QED) is 0.0681. The summed E-state index contributed by atoms with van der Waals surface area (Å²) >= 11 is 0. The number of amides is 3. The van der Waals surface area contributed by atoms with Crippen molar-refractivity contribution in [1.82, 2.24) is 16.0 Å². The van der Waals surface area contributed by atoms with Crippen molar-refractivity contribution in [2.45, 2.75) is 64.1 Å². The zero-order valence-electron chi connectivity index (χ0n) is 18.8. The van der Waals surface area contributed by atoms with Gasteiger partial charge in [0, 0.05) is 6.54 Å². The Morgan fingerprint density at radius 1 is 0.875 bits per heavy atom. The molecular formula is C19H38N8O5. The summed E-state index contributed by atoms with van der Waals surface area (Å²) in [6.45, 7) is 3.67. The van der Waals surface area contributed by atoms with E-state index in [1.54, 1.807) is 13.8 Å². The maximum absolute atomic E-state index is 12.8. The predicted molar refractivity (Wildman–Crippen MR) is 120 cm³/mol. The molecule has 0 aliphatic rings. The van der Waals surface area contributed by atoms with Crippen molar-refractivity contribution >= 4 is 29.7 Å². The van der Waals surface area contributed by atoms with Crippen LogP contribution >= 0.6 is 0 Å². The van der Waals surface area contributed by atoms with Crippen LogP contribution in [0, 0.1) is 5.92 Å². The first kappa shape index (κ1) is 29.1. The van der Waals surface area contributed by atoms with E-state index in [-0.39, 0.29) is 31.4 Å². The molecule has 0 bridgehead atoms. The van der Waals surface area contributed by atoms with E-state index in [9.17, 15) is 24.3 Å². The Kier molecular flexibility index (Phi) is 14.4. The molecule has 0 aromatic carbocycles. The van der Waals surface area contributed by atoms with E-state index in [1.807, 2.05) is 0 Å². The molecule has 32 heavy (non-hydrogen) atoms. The van der Waals surface area contributed by atoms with Crippen LogP contribution in [0.15, 0.2) is 4.99 Å². The highest BCUT2D eigenvalue weighted by Gasteiger charge is 2.30. The molecule has 184 valence electrons. The van der Waals surface area contributed by atoms with Gasteiger partial charge in [-0.25, -0.2) is 4.79 Å². The van der Waals surface area contributed by atoms with Gasteiger partial charge in [-0.3, -0.25) is 19.4 Å². The van der Waals surface area contributed by atoms with E-state index in [4.69, 9.17) is 22.9 Å². The maximum atomic E-state index is 12.8. The second kappa shape index (κ2) is 15.8. The summed E-state index contributed by atoms with van der Waals surface area (Å²) in [5, 5.41) is 16.9. The smallest absolute Gasteiger partial charge is 0.326 e. The van der Waals surface area contributed by atoms with Crippen molar-refractivity contribution in [3.05, 3.63) is 0 Å². The van der Waals surface area contributed by atoms with Gasteiger partial charge in [0.1, 0.15) is 18.1 Å². The first-order valence-corrected chi connectivity index (χ1v) is 10.6. The van der Waals surface area contributed by atoms with Crippen LogP contribution < -0.4 is 38.9 Å². The summed E-state index contributed by atoms with van der Waals surface area (Å²) in [5.41, 5.74) is 21.4. The lowest BCUT2D eigenvalue weighted by Crippen LogP contribution is -2.56. The number of unbranched alkanes of at least 4 members (excludes halogenated alkanes) is 1. The van der Waals surface area contributed by atoms with E-state index in [0.29, 0.717) is 32.2 Å². The fourth-order valence-electron chi connectivity index (χ4n) is 2.83. The molecule has 3 atom stereocenters. The van der Waals surface area contributed by atoms with Gasteiger partial charge < -0.3 is 44.0 Å². The van der Waals surface area contributed by atoms with Gasteiger partial charge in [-0.05, 0) is 44.6 Å². The highest BCUT2D eigenvalue weighted by molar-refractivity contribution is 5.93. The third kappa shape index (κ3) is 12.1.